The Bertz CT molecular complexity index is 737. The highest BCUT2D eigenvalue weighted by Gasteiger charge is 2.13. The van der Waals surface area contributed by atoms with Gasteiger partial charge in [-0.1, -0.05) is 6.07 Å². The van der Waals surface area contributed by atoms with Crippen molar-refractivity contribution in [2.75, 3.05) is 39.3 Å². The first-order chi connectivity index (χ1) is 11.3. The van der Waals surface area contributed by atoms with Gasteiger partial charge in [-0.15, -0.1) is 0 Å². The molecule has 3 rings (SSSR count). The summed E-state index contributed by atoms with van der Waals surface area (Å²) in [6.45, 7) is 5.64. The van der Waals surface area contributed by atoms with E-state index in [1.165, 1.54) is 10.6 Å². The molecule has 1 saturated heterocycles. The minimum absolute atomic E-state index is 0.0795. The molecule has 0 unspecified atom stereocenters. The fraction of sp³-hybridized carbons (Fsp3) is 0.438. The maximum absolute atomic E-state index is 12.3. The standard InChI is InChI=1S/C16H21N5O2/c22-15(18-5-3-8-20-10-6-17-7-11-20)13-12-19-14-4-1-2-9-21(14)16(13)23/h1-2,4,9,12,17H,3,5-8,10-11H2,(H,18,22). The van der Waals surface area contributed by atoms with Gasteiger partial charge in [0.1, 0.15) is 11.2 Å². The Morgan fingerprint density at radius 2 is 2.13 bits per heavy atom. The number of aromatic nitrogens is 2. The fourth-order valence-electron chi connectivity index (χ4n) is 2.72. The van der Waals surface area contributed by atoms with Crippen molar-refractivity contribution in [3.63, 3.8) is 0 Å². The van der Waals surface area contributed by atoms with Crippen LogP contribution in [0, 0.1) is 0 Å². The summed E-state index contributed by atoms with van der Waals surface area (Å²) in [5.41, 5.74) is 0.277. The Morgan fingerprint density at radius 3 is 2.96 bits per heavy atom. The molecule has 3 heterocycles. The third-order valence-electron chi connectivity index (χ3n) is 4.00. The lowest BCUT2D eigenvalue weighted by Crippen LogP contribution is -2.44. The summed E-state index contributed by atoms with van der Waals surface area (Å²) in [6, 6.07) is 5.28. The van der Waals surface area contributed by atoms with E-state index < -0.39 is 0 Å². The molecule has 2 N–H and O–H groups in total. The number of nitrogens with one attached hydrogen (secondary N) is 2. The zero-order valence-corrected chi connectivity index (χ0v) is 13.0. The Labute approximate surface area is 134 Å². The molecule has 7 nitrogen and oxygen atoms in total. The van der Waals surface area contributed by atoms with Gasteiger partial charge in [0, 0.05) is 45.1 Å². The number of pyridine rings is 1. The average Bonchev–Trinajstić information content (AvgIpc) is 2.60. The minimum atomic E-state index is -0.360. The summed E-state index contributed by atoms with van der Waals surface area (Å²) in [5, 5.41) is 6.12. The second-order valence-electron chi connectivity index (χ2n) is 5.61. The van der Waals surface area contributed by atoms with E-state index in [0.717, 1.165) is 39.1 Å². The van der Waals surface area contributed by atoms with Gasteiger partial charge in [-0.25, -0.2) is 4.98 Å². The Morgan fingerprint density at radius 1 is 1.30 bits per heavy atom. The third kappa shape index (κ3) is 3.75. The predicted molar refractivity (Wildman–Crippen MR) is 87.7 cm³/mol. The van der Waals surface area contributed by atoms with Gasteiger partial charge in [0.2, 0.25) is 0 Å². The van der Waals surface area contributed by atoms with Crippen LogP contribution in [0.15, 0.2) is 35.4 Å². The Kier molecular flexibility index (Phi) is 4.99. The monoisotopic (exact) mass is 315 g/mol. The fourth-order valence-corrected chi connectivity index (χ4v) is 2.72. The summed E-state index contributed by atoms with van der Waals surface area (Å²) in [5.74, 6) is -0.360. The third-order valence-corrected chi connectivity index (χ3v) is 4.00. The summed E-state index contributed by atoms with van der Waals surface area (Å²) in [4.78, 5) is 31.0. The van der Waals surface area contributed by atoms with Crippen LogP contribution in [-0.4, -0.2) is 59.5 Å². The largest absolute Gasteiger partial charge is 0.352 e. The van der Waals surface area contributed by atoms with E-state index in [0.29, 0.717) is 12.2 Å². The van der Waals surface area contributed by atoms with E-state index >= 15 is 0 Å². The molecule has 23 heavy (non-hydrogen) atoms. The zero-order chi connectivity index (χ0) is 16.1. The van der Waals surface area contributed by atoms with E-state index in [1.54, 1.807) is 24.4 Å². The molecule has 0 radical (unpaired) electrons. The maximum atomic E-state index is 12.3. The smallest absolute Gasteiger partial charge is 0.270 e. The van der Waals surface area contributed by atoms with Crippen molar-refractivity contribution < 1.29 is 4.79 Å². The van der Waals surface area contributed by atoms with E-state index in [9.17, 15) is 9.59 Å². The molecule has 122 valence electrons. The number of piperazine rings is 1. The molecule has 1 aliphatic rings. The van der Waals surface area contributed by atoms with E-state index in [1.807, 2.05) is 0 Å². The highest BCUT2D eigenvalue weighted by Crippen LogP contribution is 1.98. The van der Waals surface area contributed by atoms with Crippen molar-refractivity contribution in [3.8, 4) is 0 Å². The van der Waals surface area contributed by atoms with E-state index in [4.69, 9.17) is 0 Å². The van der Waals surface area contributed by atoms with Crippen molar-refractivity contribution in [3.05, 3.63) is 46.5 Å². The number of carbonyl (C=O) groups excluding carboxylic acids is 1. The lowest BCUT2D eigenvalue weighted by atomic mass is 10.3. The van der Waals surface area contributed by atoms with Gasteiger partial charge in [-0.3, -0.25) is 14.0 Å². The van der Waals surface area contributed by atoms with E-state index in [2.05, 4.69) is 20.5 Å². The Balaban J connectivity index is 1.56. The van der Waals surface area contributed by atoms with Gasteiger partial charge < -0.3 is 15.5 Å². The molecule has 2 aromatic rings. The van der Waals surface area contributed by atoms with Gasteiger partial charge in [-0.2, -0.15) is 0 Å². The van der Waals surface area contributed by atoms with Crippen LogP contribution in [0.1, 0.15) is 16.8 Å². The molecule has 7 heteroatoms. The lowest BCUT2D eigenvalue weighted by molar-refractivity contribution is 0.0949. The summed E-state index contributed by atoms with van der Waals surface area (Å²) in [6.07, 6.45) is 3.84. The molecule has 0 spiro atoms. The predicted octanol–water partition coefficient (Wildman–Crippen LogP) is -0.280. The molecular weight excluding hydrogens is 294 g/mol. The van der Waals surface area contributed by atoms with Gasteiger partial charge >= 0.3 is 0 Å². The van der Waals surface area contributed by atoms with Crippen LogP contribution in [0.5, 0.6) is 0 Å². The van der Waals surface area contributed by atoms with Crippen molar-refractivity contribution in [1.82, 2.24) is 24.9 Å². The molecule has 0 saturated carbocycles. The van der Waals surface area contributed by atoms with Gasteiger partial charge in [0.15, 0.2) is 0 Å². The number of nitrogens with zero attached hydrogens (tertiary/aromatic N) is 3. The van der Waals surface area contributed by atoms with Crippen LogP contribution in [0.25, 0.3) is 5.65 Å². The molecular formula is C16H21N5O2. The number of carbonyl (C=O) groups is 1. The Hall–Kier alpha value is -2.25. The van der Waals surface area contributed by atoms with Crippen molar-refractivity contribution in [2.45, 2.75) is 6.42 Å². The topological polar surface area (TPSA) is 78.7 Å². The highest BCUT2D eigenvalue weighted by atomic mass is 16.2. The number of amides is 1. The average molecular weight is 315 g/mol. The van der Waals surface area contributed by atoms with Crippen LogP contribution in [-0.2, 0) is 0 Å². The summed E-state index contributed by atoms with van der Waals surface area (Å²) in [7, 11) is 0. The normalized spacial score (nSPS) is 15.7. The first kappa shape index (κ1) is 15.6. The molecule has 0 bridgehead atoms. The second-order valence-corrected chi connectivity index (χ2v) is 5.61. The number of rotatable bonds is 5. The van der Waals surface area contributed by atoms with Crippen LogP contribution in [0.2, 0.25) is 0 Å². The van der Waals surface area contributed by atoms with Crippen molar-refractivity contribution in [2.24, 2.45) is 0 Å². The molecule has 0 aliphatic carbocycles. The van der Waals surface area contributed by atoms with Crippen LogP contribution in [0.3, 0.4) is 0 Å². The molecule has 1 amide bonds. The summed E-state index contributed by atoms with van der Waals surface area (Å²) < 4.78 is 1.38. The SMILES string of the molecule is O=C(NCCCN1CCNCC1)c1cnc2ccccn2c1=O. The number of hydrogen-bond acceptors (Lipinski definition) is 5. The first-order valence-corrected chi connectivity index (χ1v) is 7.93. The van der Waals surface area contributed by atoms with Crippen molar-refractivity contribution >= 4 is 11.6 Å². The maximum Gasteiger partial charge on any atom is 0.270 e. The van der Waals surface area contributed by atoms with Gasteiger partial charge in [0.05, 0.1) is 0 Å². The van der Waals surface area contributed by atoms with Gasteiger partial charge in [-0.05, 0) is 25.1 Å². The molecule has 0 atom stereocenters. The zero-order valence-electron chi connectivity index (χ0n) is 13.0. The lowest BCUT2D eigenvalue weighted by Gasteiger charge is -2.27. The minimum Gasteiger partial charge on any atom is -0.352 e. The van der Waals surface area contributed by atoms with Crippen LogP contribution >= 0.6 is 0 Å². The van der Waals surface area contributed by atoms with Crippen molar-refractivity contribution in [1.29, 1.82) is 0 Å². The quantitative estimate of drug-likeness (QED) is 0.742. The van der Waals surface area contributed by atoms with Crippen LogP contribution in [0.4, 0.5) is 0 Å². The van der Waals surface area contributed by atoms with E-state index in [-0.39, 0.29) is 17.0 Å². The number of fused-ring (bicyclic) bond motifs is 1. The first-order valence-electron chi connectivity index (χ1n) is 7.93. The molecule has 1 aliphatic heterocycles. The summed E-state index contributed by atoms with van der Waals surface area (Å²) >= 11 is 0. The second kappa shape index (κ2) is 7.34. The van der Waals surface area contributed by atoms with Gasteiger partial charge in [0.25, 0.3) is 11.5 Å². The molecule has 2 aromatic heterocycles. The van der Waals surface area contributed by atoms with Crippen LogP contribution < -0.4 is 16.2 Å². The molecule has 0 aromatic carbocycles. The highest BCUT2D eigenvalue weighted by molar-refractivity contribution is 5.93. The number of hydrogen-bond donors (Lipinski definition) is 2. The molecule has 1 fully saturated rings.